The SMILES string of the molecule is Cc1oc2c(c1C(=O)OCc1ccccc1)C(=O)c1ncccc1C2=O. The van der Waals surface area contributed by atoms with Crippen LogP contribution in [0.5, 0.6) is 0 Å². The summed E-state index contributed by atoms with van der Waals surface area (Å²) in [6.45, 7) is 1.58. The molecule has 128 valence electrons. The van der Waals surface area contributed by atoms with Gasteiger partial charge in [0.25, 0.3) is 0 Å². The highest BCUT2D eigenvalue weighted by molar-refractivity contribution is 6.29. The number of ether oxygens (including phenoxy) is 1. The summed E-state index contributed by atoms with van der Waals surface area (Å²) in [5.74, 6) is -1.66. The van der Waals surface area contributed by atoms with Gasteiger partial charge in [-0.3, -0.25) is 14.6 Å². The Morgan fingerprint density at radius 2 is 1.85 bits per heavy atom. The number of aryl methyl sites for hydroxylation is 1. The molecule has 0 amide bonds. The zero-order valence-electron chi connectivity index (χ0n) is 13.8. The zero-order chi connectivity index (χ0) is 18.3. The molecule has 0 spiro atoms. The standard InChI is InChI=1S/C20H13NO5/c1-11-14(20(24)25-10-12-6-3-2-4-7-12)15-18(23)16-13(8-5-9-21-16)17(22)19(15)26-11/h2-9H,10H2,1H3. The van der Waals surface area contributed by atoms with Crippen molar-refractivity contribution in [1.29, 1.82) is 0 Å². The van der Waals surface area contributed by atoms with Crippen LogP contribution in [-0.2, 0) is 11.3 Å². The van der Waals surface area contributed by atoms with Crippen molar-refractivity contribution < 1.29 is 23.5 Å². The van der Waals surface area contributed by atoms with Gasteiger partial charge in [-0.05, 0) is 24.6 Å². The van der Waals surface area contributed by atoms with Crippen molar-refractivity contribution in [2.24, 2.45) is 0 Å². The van der Waals surface area contributed by atoms with Gasteiger partial charge >= 0.3 is 5.97 Å². The van der Waals surface area contributed by atoms with Crippen LogP contribution >= 0.6 is 0 Å². The first-order valence-electron chi connectivity index (χ1n) is 7.96. The summed E-state index contributed by atoms with van der Waals surface area (Å²) < 4.78 is 10.8. The van der Waals surface area contributed by atoms with Gasteiger partial charge in [-0.1, -0.05) is 30.3 Å². The first kappa shape index (κ1) is 16.0. The molecule has 1 aliphatic rings. The molecule has 6 heteroatoms. The second-order valence-corrected chi connectivity index (χ2v) is 5.86. The number of rotatable bonds is 3. The van der Waals surface area contributed by atoms with Gasteiger partial charge < -0.3 is 9.15 Å². The van der Waals surface area contributed by atoms with E-state index >= 15 is 0 Å². The van der Waals surface area contributed by atoms with Crippen LogP contribution in [0.4, 0.5) is 0 Å². The van der Waals surface area contributed by atoms with Crippen LogP contribution in [0.2, 0.25) is 0 Å². The highest BCUT2D eigenvalue weighted by atomic mass is 16.5. The maximum Gasteiger partial charge on any atom is 0.342 e. The van der Waals surface area contributed by atoms with Gasteiger partial charge in [0.2, 0.25) is 11.6 Å². The largest absolute Gasteiger partial charge is 0.457 e. The summed E-state index contributed by atoms with van der Waals surface area (Å²) in [6, 6.07) is 12.2. The molecule has 0 unspecified atom stereocenters. The highest BCUT2D eigenvalue weighted by Crippen LogP contribution is 2.32. The second kappa shape index (κ2) is 6.07. The molecule has 26 heavy (non-hydrogen) atoms. The van der Waals surface area contributed by atoms with Crippen LogP contribution in [0.1, 0.15) is 53.9 Å². The zero-order valence-corrected chi connectivity index (χ0v) is 13.8. The monoisotopic (exact) mass is 347 g/mol. The lowest BCUT2D eigenvalue weighted by molar-refractivity contribution is 0.0468. The maximum absolute atomic E-state index is 12.8. The van der Waals surface area contributed by atoms with E-state index in [1.54, 1.807) is 6.07 Å². The Morgan fingerprint density at radius 1 is 1.08 bits per heavy atom. The predicted molar refractivity (Wildman–Crippen MR) is 90.1 cm³/mol. The quantitative estimate of drug-likeness (QED) is 0.529. The van der Waals surface area contributed by atoms with Gasteiger partial charge in [0.05, 0.1) is 11.1 Å². The Balaban J connectivity index is 1.71. The Kier molecular flexibility index (Phi) is 3.73. The molecule has 1 aliphatic carbocycles. The van der Waals surface area contributed by atoms with Gasteiger partial charge in [0, 0.05) is 6.20 Å². The number of nitrogens with zero attached hydrogens (tertiary/aromatic N) is 1. The van der Waals surface area contributed by atoms with E-state index < -0.39 is 17.5 Å². The summed E-state index contributed by atoms with van der Waals surface area (Å²) in [5.41, 5.74) is 0.901. The van der Waals surface area contributed by atoms with Gasteiger partial charge in [0.1, 0.15) is 23.6 Å². The van der Waals surface area contributed by atoms with Crippen LogP contribution in [-0.4, -0.2) is 22.5 Å². The van der Waals surface area contributed by atoms with E-state index in [-0.39, 0.29) is 40.5 Å². The van der Waals surface area contributed by atoms with E-state index in [1.807, 2.05) is 30.3 Å². The predicted octanol–water partition coefficient (Wildman–Crippen LogP) is 3.12. The first-order chi connectivity index (χ1) is 12.6. The second-order valence-electron chi connectivity index (χ2n) is 5.86. The Morgan fingerprint density at radius 3 is 2.62 bits per heavy atom. The minimum Gasteiger partial charge on any atom is -0.457 e. The molecule has 0 saturated carbocycles. The van der Waals surface area contributed by atoms with Crippen molar-refractivity contribution in [2.75, 3.05) is 0 Å². The van der Waals surface area contributed by atoms with E-state index in [2.05, 4.69) is 4.98 Å². The molecule has 2 heterocycles. The van der Waals surface area contributed by atoms with E-state index in [9.17, 15) is 14.4 Å². The van der Waals surface area contributed by atoms with Crippen LogP contribution in [0.3, 0.4) is 0 Å². The van der Waals surface area contributed by atoms with Crippen LogP contribution in [0.25, 0.3) is 0 Å². The molecule has 2 aromatic heterocycles. The van der Waals surface area contributed by atoms with Crippen molar-refractivity contribution in [3.05, 3.63) is 88.1 Å². The van der Waals surface area contributed by atoms with Crippen molar-refractivity contribution in [2.45, 2.75) is 13.5 Å². The van der Waals surface area contributed by atoms with Crippen LogP contribution < -0.4 is 0 Å². The lowest BCUT2D eigenvalue weighted by atomic mass is 9.90. The topological polar surface area (TPSA) is 86.5 Å². The van der Waals surface area contributed by atoms with Crippen LogP contribution in [0.15, 0.2) is 53.1 Å². The Labute approximate surface area is 148 Å². The smallest absolute Gasteiger partial charge is 0.342 e. The third-order valence-electron chi connectivity index (χ3n) is 4.20. The summed E-state index contributed by atoms with van der Waals surface area (Å²) >= 11 is 0. The lowest BCUT2D eigenvalue weighted by Crippen LogP contribution is -2.23. The normalized spacial score (nSPS) is 12.5. The van der Waals surface area contributed by atoms with E-state index in [4.69, 9.17) is 9.15 Å². The maximum atomic E-state index is 12.8. The molecule has 0 bridgehead atoms. The van der Waals surface area contributed by atoms with E-state index in [1.165, 1.54) is 19.2 Å². The molecular formula is C20H13NO5. The number of hydrogen-bond donors (Lipinski definition) is 0. The van der Waals surface area contributed by atoms with Gasteiger partial charge in [-0.15, -0.1) is 0 Å². The number of furan rings is 1. The first-order valence-corrected chi connectivity index (χ1v) is 7.96. The van der Waals surface area contributed by atoms with E-state index in [0.717, 1.165) is 5.56 Å². The van der Waals surface area contributed by atoms with Crippen molar-refractivity contribution >= 4 is 17.5 Å². The van der Waals surface area contributed by atoms with Gasteiger partial charge in [-0.25, -0.2) is 4.79 Å². The molecule has 3 aromatic rings. The molecule has 0 aliphatic heterocycles. The number of benzene rings is 1. The number of carbonyl (C=O) groups is 3. The number of esters is 1. The number of pyridine rings is 1. The third kappa shape index (κ3) is 2.43. The highest BCUT2D eigenvalue weighted by Gasteiger charge is 2.39. The molecule has 0 N–H and O–H groups in total. The lowest BCUT2D eigenvalue weighted by Gasteiger charge is -2.12. The van der Waals surface area contributed by atoms with Crippen molar-refractivity contribution in [1.82, 2.24) is 4.98 Å². The van der Waals surface area contributed by atoms with Gasteiger partial charge in [0.15, 0.2) is 5.76 Å². The molecule has 1 aromatic carbocycles. The fourth-order valence-electron chi connectivity index (χ4n) is 2.97. The molecule has 0 radical (unpaired) electrons. The molecule has 0 atom stereocenters. The molecule has 6 nitrogen and oxygen atoms in total. The summed E-state index contributed by atoms with van der Waals surface area (Å²) in [6.07, 6.45) is 1.43. The number of hydrogen-bond acceptors (Lipinski definition) is 6. The summed E-state index contributed by atoms with van der Waals surface area (Å²) in [5, 5.41) is 0. The third-order valence-corrected chi connectivity index (χ3v) is 4.20. The average molecular weight is 347 g/mol. The molecule has 0 fully saturated rings. The van der Waals surface area contributed by atoms with Crippen molar-refractivity contribution in [3.63, 3.8) is 0 Å². The minimum atomic E-state index is -0.711. The Hall–Kier alpha value is -3.54. The van der Waals surface area contributed by atoms with Crippen molar-refractivity contribution in [3.8, 4) is 0 Å². The average Bonchev–Trinajstić information content (AvgIpc) is 3.03. The van der Waals surface area contributed by atoms with E-state index in [0.29, 0.717) is 0 Å². The number of ketones is 2. The fourth-order valence-corrected chi connectivity index (χ4v) is 2.97. The summed E-state index contributed by atoms with van der Waals surface area (Å²) in [7, 11) is 0. The molecule has 4 rings (SSSR count). The number of fused-ring (bicyclic) bond motifs is 2. The molecular weight excluding hydrogens is 334 g/mol. The van der Waals surface area contributed by atoms with Crippen LogP contribution in [0, 0.1) is 6.92 Å². The number of carbonyl (C=O) groups excluding carboxylic acids is 3. The summed E-state index contributed by atoms with van der Waals surface area (Å²) in [4.78, 5) is 41.9. The minimum absolute atomic E-state index is 0.0166. The fraction of sp³-hybridized carbons (Fsp3) is 0.100. The Bertz CT molecular complexity index is 1050. The number of aromatic nitrogens is 1. The molecule has 0 saturated heterocycles. The van der Waals surface area contributed by atoms with Gasteiger partial charge in [-0.2, -0.15) is 0 Å².